The Morgan fingerprint density at radius 3 is 2.14 bits per heavy atom. The van der Waals surface area contributed by atoms with Crippen molar-refractivity contribution in [2.45, 2.75) is 23.5 Å². The third-order valence-electron chi connectivity index (χ3n) is 4.70. The Balaban J connectivity index is 1.78. The molecule has 0 aliphatic rings. The predicted octanol–water partition coefficient (Wildman–Crippen LogP) is 5.65. The number of alkyl halides is 6. The minimum atomic E-state index is -4.85. The summed E-state index contributed by atoms with van der Waals surface area (Å²) in [5.74, 6) is -0.239. The molecule has 0 fully saturated rings. The molecule has 0 saturated carbocycles. The molecule has 0 aliphatic heterocycles. The molecule has 0 aliphatic carbocycles. The Morgan fingerprint density at radius 2 is 1.60 bits per heavy atom. The first-order valence-electron chi connectivity index (χ1n) is 9.39. The Bertz CT molecular complexity index is 1510. The van der Waals surface area contributed by atoms with Gasteiger partial charge in [-0.05, 0) is 42.3 Å². The molecule has 0 bridgehead atoms. The van der Waals surface area contributed by atoms with Crippen LogP contribution in [0.25, 0.3) is 27.6 Å². The van der Waals surface area contributed by atoms with Crippen molar-refractivity contribution in [1.29, 1.82) is 0 Å². The van der Waals surface area contributed by atoms with Gasteiger partial charge in [-0.1, -0.05) is 23.5 Å². The van der Waals surface area contributed by atoms with Crippen molar-refractivity contribution in [2.24, 2.45) is 0 Å². The fraction of sp³-hybridized carbons (Fsp3) is 0.150. The molecular weight excluding hydrogens is 522 g/mol. The van der Waals surface area contributed by atoms with Gasteiger partial charge >= 0.3 is 22.5 Å². The molecule has 0 saturated heterocycles. The van der Waals surface area contributed by atoms with Gasteiger partial charge in [-0.15, -0.1) is 0 Å². The van der Waals surface area contributed by atoms with Crippen molar-refractivity contribution in [2.75, 3.05) is 0 Å². The van der Waals surface area contributed by atoms with Crippen molar-refractivity contribution in [3.05, 3.63) is 65.9 Å². The number of rotatable bonds is 4. The van der Waals surface area contributed by atoms with Gasteiger partial charge in [0.15, 0.2) is 4.21 Å². The fourth-order valence-corrected chi connectivity index (χ4v) is 4.94. The average Bonchev–Trinajstić information content (AvgIpc) is 3.39. The molecule has 15 heteroatoms. The Kier molecular flexibility index (Phi) is 5.97. The number of hydrogen-bond acceptors (Lipinski definition) is 6. The predicted molar refractivity (Wildman–Crippen MR) is 112 cm³/mol. The highest BCUT2D eigenvalue weighted by molar-refractivity contribution is 7.88. The van der Waals surface area contributed by atoms with E-state index < -0.39 is 37.9 Å². The number of pyridine rings is 1. The van der Waals surface area contributed by atoms with Gasteiger partial charge in [0.1, 0.15) is 28.5 Å². The summed E-state index contributed by atoms with van der Waals surface area (Å²) in [5, 5.41) is 0.0869. The lowest BCUT2D eigenvalue weighted by Crippen LogP contribution is -2.10. The van der Waals surface area contributed by atoms with Crippen molar-refractivity contribution in [3.63, 3.8) is 0 Å². The molecule has 0 atom stereocenters. The molecule has 1 N–H and O–H groups in total. The minimum Gasteiger partial charge on any atom is -0.290 e. The van der Waals surface area contributed by atoms with Gasteiger partial charge in [0.25, 0.3) is 0 Å². The minimum absolute atomic E-state index is 0.0174. The summed E-state index contributed by atoms with van der Waals surface area (Å²) in [5.41, 5.74) is -2.05. The third kappa shape index (κ3) is 5.21. The van der Waals surface area contributed by atoms with Crippen LogP contribution in [0, 0.1) is 6.92 Å². The van der Waals surface area contributed by atoms with Crippen molar-refractivity contribution in [1.82, 2.24) is 19.5 Å². The van der Waals surface area contributed by atoms with Gasteiger partial charge in [-0.3, -0.25) is 9.12 Å². The Morgan fingerprint density at radius 1 is 0.943 bits per heavy atom. The maximum atomic E-state index is 13.5. The van der Waals surface area contributed by atoms with E-state index in [1.807, 2.05) is 0 Å². The molecule has 3 heterocycles. The average molecular weight is 534 g/mol. The second kappa shape index (κ2) is 8.42. The molecule has 1 aromatic carbocycles. The van der Waals surface area contributed by atoms with Crippen LogP contribution in [-0.2, 0) is 22.5 Å². The van der Waals surface area contributed by atoms with Crippen molar-refractivity contribution < 1.29 is 39.3 Å². The van der Waals surface area contributed by atoms with Gasteiger partial charge in [-0.2, -0.15) is 34.8 Å². The summed E-state index contributed by atoms with van der Waals surface area (Å²) in [7, 11) is -4.52. The smallest absolute Gasteiger partial charge is 0.290 e. The van der Waals surface area contributed by atoms with Gasteiger partial charge in [0.2, 0.25) is 0 Å². The van der Waals surface area contributed by atoms with E-state index in [1.54, 1.807) is 0 Å². The number of hydrogen-bond donors (Lipinski definition) is 1. The summed E-state index contributed by atoms with van der Waals surface area (Å²) in [6.07, 6.45) is -7.07. The molecule has 0 unspecified atom stereocenters. The number of thiazole rings is 1. The standard InChI is InChI=1S/C20H12F6N4O3S2/c1-10-18(35(31,32)33)34-17(28-10)14-8-30(9-27-14)16-7-12(6-15(29-16)20(24,25)26)11-2-4-13(5-3-11)19(21,22)23/h2-9H,1H3,(H,31,32,33). The summed E-state index contributed by atoms with van der Waals surface area (Å²) in [6, 6.07) is 5.57. The SMILES string of the molecule is Cc1nc(-c2cn(-c3cc(-c4ccc(C(F)(F)F)cc4)cc(C(F)(F)F)n3)cn2)sc1S(=O)(=O)O. The van der Waals surface area contributed by atoms with Crippen LogP contribution in [0.3, 0.4) is 0 Å². The number of nitrogens with zero attached hydrogens (tertiary/aromatic N) is 4. The van der Waals surface area contributed by atoms with E-state index in [2.05, 4.69) is 15.0 Å². The van der Waals surface area contributed by atoms with Crippen LogP contribution < -0.4 is 0 Å². The topological polar surface area (TPSA) is 98.0 Å². The number of imidazole rings is 1. The molecule has 4 aromatic rings. The normalized spacial score (nSPS) is 12.8. The summed E-state index contributed by atoms with van der Waals surface area (Å²) in [4.78, 5) is 11.6. The van der Waals surface area contributed by atoms with E-state index in [4.69, 9.17) is 0 Å². The number of halogens is 6. The van der Waals surface area contributed by atoms with Gasteiger partial charge < -0.3 is 0 Å². The van der Waals surface area contributed by atoms with Crippen LogP contribution in [-0.4, -0.2) is 32.5 Å². The molecule has 4 rings (SSSR count). The summed E-state index contributed by atoms with van der Waals surface area (Å²) < 4.78 is 112. The molecule has 35 heavy (non-hydrogen) atoms. The highest BCUT2D eigenvalue weighted by Gasteiger charge is 2.34. The number of benzene rings is 1. The first-order chi connectivity index (χ1) is 16.1. The van der Waals surface area contributed by atoms with E-state index >= 15 is 0 Å². The summed E-state index contributed by atoms with van der Waals surface area (Å²) >= 11 is 0.622. The number of aryl methyl sites for hydroxylation is 1. The third-order valence-corrected chi connectivity index (χ3v) is 7.32. The molecular formula is C20H12F6N4O3S2. The zero-order valence-corrected chi connectivity index (χ0v) is 18.9. The Labute approximate surface area is 197 Å². The van der Waals surface area contributed by atoms with E-state index in [1.165, 1.54) is 19.2 Å². The number of aromatic nitrogens is 4. The molecule has 0 spiro atoms. The molecule has 0 radical (unpaired) electrons. The highest BCUT2D eigenvalue weighted by Crippen LogP contribution is 2.35. The van der Waals surface area contributed by atoms with Gasteiger partial charge in [-0.25, -0.2) is 15.0 Å². The van der Waals surface area contributed by atoms with E-state index in [-0.39, 0.29) is 33.3 Å². The van der Waals surface area contributed by atoms with E-state index in [9.17, 15) is 39.3 Å². The van der Waals surface area contributed by atoms with Gasteiger partial charge in [0, 0.05) is 6.20 Å². The summed E-state index contributed by atoms with van der Waals surface area (Å²) in [6.45, 7) is 1.35. The van der Waals surface area contributed by atoms with E-state index in [0.29, 0.717) is 17.4 Å². The second-order valence-corrected chi connectivity index (χ2v) is 9.82. The zero-order chi connectivity index (χ0) is 25.8. The largest absolute Gasteiger partial charge is 0.433 e. The Hall–Kier alpha value is -3.30. The van der Waals surface area contributed by atoms with Crippen molar-refractivity contribution in [3.8, 4) is 27.6 Å². The first-order valence-corrected chi connectivity index (χ1v) is 11.6. The van der Waals surface area contributed by atoms with Crippen LogP contribution in [0.2, 0.25) is 0 Å². The van der Waals surface area contributed by atoms with Crippen LogP contribution in [0.4, 0.5) is 26.3 Å². The van der Waals surface area contributed by atoms with Crippen molar-refractivity contribution >= 4 is 21.5 Å². The quantitative estimate of drug-likeness (QED) is 0.268. The molecule has 3 aromatic heterocycles. The van der Waals surface area contributed by atoms with Crippen LogP contribution in [0.15, 0.2) is 53.1 Å². The van der Waals surface area contributed by atoms with Crippen LogP contribution in [0.1, 0.15) is 17.0 Å². The monoisotopic (exact) mass is 534 g/mol. The lowest BCUT2D eigenvalue weighted by Gasteiger charge is -2.13. The molecule has 184 valence electrons. The van der Waals surface area contributed by atoms with Gasteiger partial charge in [0.05, 0.1) is 11.3 Å². The molecule has 7 nitrogen and oxygen atoms in total. The first kappa shape index (κ1) is 24.8. The zero-order valence-electron chi connectivity index (χ0n) is 17.3. The second-order valence-electron chi connectivity index (χ2n) is 7.21. The van der Waals surface area contributed by atoms with E-state index in [0.717, 1.165) is 35.2 Å². The molecule has 0 amide bonds. The van der Waals surface area contributed by atoms with Crippen LogP contribution >= 0.6 is 11.3 Å². The fourth-order valence-electron chi connectivity index (χ4n) is 3.10. The maximum absolute atomic E-state index is 13.5. The van der Waals surface area contributed by atoms with Crippen LogP contribution in [0.5, 0.6) is 0 Å². The lowest BCUT2D eigenvalue weighted by molar-refractivity contribution is -0.141. The highest BCUT2D eigenvalue weighted by atomic mass is 32.3. The maximum Gasteiger partial charge on any atom is 0.433 e. The lowest BCUT2D eigenvalue weighted by atomic mass is 10.0.